The Bertz CT molecular complexity index is 762. The van der Waals surface area contributed by atoms with E-state index in [1.54, 1.807) is 6.92 Å². The second-order valence-corrected chi connectivity index (χ2v) is 6.20. The summed E-state index contributed by atoms with van der Waals surface area (Å²) in [6, 6.07) is 3.21. The lowest BCUT2D eigenvalue weighted by Gasteiger charge is -2.19. The number of nitrogens with one attached hydrogen (secondary N) is 2. The Morgan fingerprint density at radius 1 is 1.30 bits per heavy atom. The summed E-state index contributed by atoms with van der Waals surface area (Å²) in [7, 11) is 1.88. The highest BCUT2D eigenvalue weighted by Gasteiger charge is 2.14. The molecule has 2 aromatic rings. The van der Waals surface area contributed by atoms with Crippen LogP contribution in [0.1, 0.15) is 49.9 Å². The normalized spacial score (nSPS) is 12.4. The molecule has 2 N–H and O–H groups in total. The van der Waals surface area contributed by atoms with E-state index in [0.29, 0.717) is 18.1 Å². The first-order valence-electron chi connectivity index (χ1n) is 8.77. The molecule has 0 spiro atoms. The van der Waals surface area contributed by atoms with Crippen molar-refractivity contribution in [3.05, 3.63) is 47.0 Å². The molecule has 1 aromatic carbocycles. The summed E-state index contributed by atoms with van der Waals surface area (Å²) in [6.45, 7) is 6.87. The summed E-state index contributed by atoms with van der Waals surface area (Å²) in [5.41, 5.74) is 0.380. The van der Waals surface area contributed by atoms with Crippen LogP contribution in [0.5, 0.6) is 0 Å². The monoisotopic (exact) mass is 492 g/mol. The molecule has 0 aliphatic rings. The van der Waals surface area contributed by atoms with Crippen molar-refractivity contribution in [1.29, 1.82) is 0 Å². The fraction of sp³-hybridized carbons (Fsp3) is 0.500. The molecule has 9 heteroatoms. The van der Waals surface area contributed by atoms with Gasteiger partial charge in [-0.3, -0.25) is 0 Å². The molecule has 0 saturated heterocycles. The Balaban J connectivity index is 0.00000364. The van der Waals surface area contributed by atoms with Crippen LogP contribution in [0.2, 0.25) is 0 Å². The van der Waals surface area contributed by atoms with Crippen LogP contribution in [0.3, 0.4) is 0 Å². The minimum absolute atomic E-state index is 0. The highest BCUT2D eigenvalue weighted by Crippen LogP contribution is 2.17. The maximum absolute atomic E-state index is 14.0. The molecule has 0 amide bonds. The molecular formula is C18H27F2IN6. The molecule has 27 heavy (non-hydrogen) atoms. The van der Waals surface area contributed by atoms with Gasteiger partial charge in [-0.15, -0.1) is 34.2 Å². The molecular weight excluding hydrogens is 465 g/mol. The van der Waals surface area contributed by atoms with Crippen molar-refractivity contribution < 1.29 is 8.78 Å². The number of halogens is 3. The van der Waals surface area contributed by atoms with Crippen molar-refractivity contribution in [2.75, 3.05) is 6.54 Å². The van der Waals surface area contributed by atoms with Crippen LogP contribution >= 0.6 is 24.0 Å². The summed E-state index contributed by atoms with van der Waals surface area (Å²) in [5, 5.41) is 14.5. The maximum atomic E-state index is 14.0. The molecule has 1 aromatic heterocycles. The number of rotatable bonds is 7. The number of nitrogens with zero attached hydrogens (tertiary/aromatic N) is 4. The fourth-order valence-electron chi connectivity index (χ4n) is 2.41. The Hall–Kier alpha value is -1.78. The Morgan fingerprint density at radius 3 is 2.63 bits per heavy atom. The van der Waals surface area contributed by atoms with Gasteiger partial charge in [0.25, 0.3) is 0 Å². The second-order valence-electron chi connectivity index (χ2n) is 6.20. The SMILES string of the molecule is CCCCNC(=NCc1nnc(C)n1C)NC(C)c1ccc(F)cc1F.I. The number of unbranched alkanes of at least 4 members (excludes halogenated alkanes) is 1. The first-order chi connectivity index (χ1) is 12.4. The van der Waals surface area contributed by atoms with Crippen molar-refractivity contribution in [1.82, 2.24) is 25.4 Å². The van der Waals surface area contributed by atoms with Crippen molar-refractivity contribution in [2.45, 2.75) is 46.2 Å². The number of aromatic nitrogens is 3. The average Bonchev–Trinajstić information content (AvgIpc) is 2.91. The van der Waals surface area contributed by atoms with E-state index in [-0.39, 0.29) is 30.0 Å². The van der Waals surface area contributed by atoms with Crippen LogP contribution in [0.4, 0.5) is 8.78 Å². The van der Waals surface area contributed by atoms with Gasteiger partial charge in [-0.1, -0.05) is 19.4 Å². The van der Waals surface area contributed by atoms with Crippen LogP contribution in [-0.4, -0.2) is 27.3 Å². The van der Waals surface area contributed by atoms with Crippen LogP contribution in [-0.2, 0) is 13.6 Å². The number of hydrogen-bond acceptors (Lipinski definition) is 3. The molecule has 2 rings (SSSR count). The minimum atomic E-state index is -0.592. The molecule has 0 bridgehead atoms. The topological polar surface area (TPSA) is 67.1 Å². The van der Waals surface area contributed by atoms with E-state index >= 15 is 0 Å². The lowest BCUT2D eigenvalue weighted by atomic mass is 10.1. The molecule has 1 unspecified atom stereocenters. The van der Waals surface area contributed by atoms with Gasteiger partial charge in [-0.05, 0) is 26.3 Å². The van der Waals surface area contributed by atoms with Crippen molar-refractivity contribution in [3.8, 4) is 0 Å². The van der Waals surface area contributed by atoms with E-state index in [4.69, 9.17) is 0 Å². The summed E-state index contributed by atoms with van der Waals surface area (Å²) < 4.78 is 29.0. The third kappa shape index (κ3) is 6.71. The highest BCUT2D eigenvalue weighted by atomic mass is 127. The molecule has 150 valence electrons. The maximum Gasteiger partial charge on any atom is 0.192 e. The summed E-state index contributed by atoms with van der Waals surface area (Å²) in [6.07, 6.45) is 2.04. The van der Waals surface area contributed by atoms with Gasteiger partial charge in [0.2, 0.25) is 0 Å². The van der Waals surface area contributed by atoms with Gasteiger partial charge < -0.3 is 15.2 Å². The van der Waals surface area contributed by atoms with Crippen molar-refractivity contribution in [2.24, 2.45) is 12.0 Å². The Morgan fingerprint density at radius 2 is 2.04 bits per heavy atom. The lowest BCUT2D eigenvalue weighted by Crippen LogP contribution is -2.39. The highest BCUT2D eigenvalue weighted by molar-refractivity contribution is 14.0. The van der Waals surface area contributed by atoms with Crippen molar-refractivity contribution in [3.63, 3.8) is 0 Å². The molecule has 1 atom stereocenters. The predicted molar refractivity (Wildman–Crippen MR) is 113 cm³/mol. The zero-order chi connectivity index (χ0) is 19.1. The first kappa shape index (κ1) is 23.3. The van der Waals surface area contributed by atoms with Crippen LogP contribution < -0.4 is 10.6 Å². The zero-order valence-corrected chi connectivity index (χ0v) is 18.4. The van der Waals surface area contributed by atoms with E-state index in [1.807, 2.05) is 18.5 Å². The standard InChI is InChI=1S/C18H26F2N6.HI/c1-5-6-9-21-18(22-11-17-25-24-13(3)26(17)4)23-12(2)15-8-7-14(19)10-16(15)20;/h7-8,10,12H,5-6,9,11H2,1-4H3,(H2,21,22,23);1H. The van der Waals surface area contributed by atoms with E-state index in [0.717, 1.165) is 37.1 Å². The van der Waals surface area contributed by atoms with E-state index < -0.39 is 11.6 Å². The number of aryl methyl sites for hydroxylation is 1. The van der Waals surface area contributed by atoms with E-state index in [2.05, 4.69) is 32.7 Å². The summed E-state index contributed by atoms with van der Waals surface area (Å²) in [4.78, 5) is 4.53. The quantitative estimate of drug-likeness (QED) is 0.268. The molecule has 0 aliphatic carbocycles. The first-order valence-corrected chi connectivity index (χ1v) is 8.77. The number of hydrogen-bond donors (Lipinski definition) is 2. The van der Waals surface area contributed by atoms with Crippen LogP contribution in [0.15, 0.2) is 23.2 Å². The summed E-state index contributed by atoms with van der Waals surface area (Å²) in [5.74, 6) is 0.924. The molecule has 0 saturated carbocycles. The van der Waals surface area contributed by atoms with E-state index in [1.165, 1.54) is 12.1 Å². The fourth-order valence-corrected chi connectivity index (χ4v) is 2.41. The van der Waals surface area contributed by atoms with Gasteiger partial charge in [0.15, 0.2) is 11.8 Å². The van der Waals surface area contributed by atoms with Crippen LogP contribution in [0.25, 0.3) is 0 Å². The van der Waals surface area contributed by atoms with Crippen molar-refractivity contribution >= 4 is 29.9 Å². The Labute approximate surface area is 175 Å². The largest absolute Gasteiger partial charge is 0.356 e. The van der Waals surface area contributed by atoms with Gasteiger partial charge in [0, 0.05) is 25.2 Å². The predicted octanol–water partition coefficient (Wildman–Crippen LogP) is 3.62. The number of aliphatic imine (C=N–C) groups is 1. The zero-order valence-electron chi connectivity index (χ0n) is 16.1. The molecule has 0 radical (unpaired) electrons. The minimum Gasteiger partial charge on any atom is -0.356 e. The summed E-state index contributed by atoms with van der Waals surface area (Å²) >= 11 is 0. The van der Waals surface area contributed by atoms with Gasteiger partial charge in [-0.25, -0.2) is 13.8 Å². The second kappa shape index (κ2) is 11.2. The smallest absolute Gasteiger partial charge is 0.192 e. The number of guanidine groups is 1. The van der Waals surface area contributed by atoms with Gasteiger partial charge in [0.05, 0.1) is 6.04 Å². The molecule has 1 heterocycles. The van der Waals surface area contributed by atoms with Gasteiger partial charge >= 0.3 is 0 Å². The molecule has 6 nitrogen and oxygen atoms in total. The van der Waals surface area contributed by atoms with Gasteiger partial charge in [-0.2, -0.15) is 0 Å². The molecule has 0 fully saturated rings. The van der Waals surface area contributed by atoms with Gasteiger partial charge in [0.1, 0.15) is 24.0 Å². The lowest BCUT2D eigenvalue weighted by molar-refractivity contribution is 0.550. The number of benzene rings is 1. The van der Waals surface area contributed by atoms with E-state index in [9.17, 15) is 8.78 Å². The average molecular weight is 492 g/mol. The molecule has 0 aliphatic heterocycles. The third-order valence-electron chi connectivity index (χ3n) is 4.17. The van der Waals surface area contributed by atoms with Crippen LogP contribution in [0, 0.1) is 18.6 Å². The third-order valence-corrected chi connectivity index (χ3v) is 4.17. The Kier molecular flexibility index (Phi) is 9.61.